The van der Waals surface area contributed by atoms with E-state index in [0.29, 0.717) is 0 Å². The van der Waals surface area contributed by atoms with E-state index in [1.807, 2.05) is 6.08 Å². The van der Waals surface area contributed by atoms with Gasteiger partial charge in [-0.15, -0.1) is 18.4 Å². The van der Waals surface area contributed by atoms with Gasteiger partial charge in [-0.3, -0.25) is 0 Å². The van der Waals surface area contributed by atoms with E-state index in [-0.39, 0.29) is 11.1 Å². The molecular formula is C16H30OSi. The normalized spacial score (nSPS) is 13.7. The summed E-state index contributed by atoms with van der Waals surface area (Å²) in [6.45, 7) is 17.4. The molecule has 0 aliphatic heterocycles. The van der Waals surface area contributed by atoms with Gasteiger partial charge < -0.3 is 4.43 Å². The molecule has 0 aromatic rings. The predicted octanol–water partition coefficient (Wildman–Crippen LogP) is 5.15. The third kappa shape index (κ3) is 6.42. The molecule has 2 heteroatoms. The van der Waals surface area contributed by atoms with Crippen LogP contribution in [-0.2, 0) is 4.43 Å². The molecule has 0 fully saturated rings. The molecule has 1 unspecified atom stereocenters. The molecule has 0 N–H and O–H groups in total. The van der Waals surface area contributed by atoms with Gasteiger partial charge in [-0.05, 0) is 31.0 Å². The van der Waals surface area contributed by atoms with E-state index in [4.69, 9.17) is 4.43 Å². The Morgan fingerprint density at radius 2 is 1.89 bits per heavy atom. The summed E-state index contributed by atoms with van der Waals surface area (Å²) < 4.78 is 6.39. The van der Waals surface area contributed by atoms with Crippen molar-refractivity contribution in [2.75, 3.05) is 0 Å². The fraction of sp³-hybridized carbons (Fsp3) is 0.750. The van der Waals surface area contributed by atoms with Gasteiger partial charge in [0.2, 0.25) is 0 Å². The largest absolute Gasteiger partial charge is 0.413 e. The van der Waals surface area contributed by atoms with Crippen LogP contribution in [0.2, 0.25) is 18.1 Å². The lowest BCUT2D eigenvalue weighted by molar-refractivity contribution is 0.188. The van der Waals surface area contributed by atoms with Crippen LogP contribution < -0.4 is 0 Å². The quantitative estimate of drug-likeness (QED) is 0.367. The standard InChI is InChI=1S/C16H30OSi/c1-8-10-11-12-14-15(13-9-2)17-18(6,7)16(3,4)5/h9,15H,2,8,10,13-14H2,1,3-7H3. The molecule has 0 heterocycles. The highest BCUT2D eigenvalue weighted by Crippen LogP contribution is 2.37. The van der Waals surface area contributed by atoms with Crippen LogP contribution in [0, 0.1) is 11.8 Å². The van der Waals surface area contributed by atoms with Crippen molar-refractivity contribution in [2.24, 2.45) is 0 Å². The van der Waals surface area contributed by atoms with Crippen LogP contribution in [0.25, 0.3) is 0 Å². The van der Waals surface area contributed by atoms with Gasteiger partial charge in [-0.1, -0.05) is 33.8 Å². The summed E-state index contributed by atoms with van der Waals surface area (Å²) in [5.74, 6) is 6.44. The van der Waals surface area contributed by atoms with Crippen molar-refractivity contribution in [3.05, 3.63) is 12.7 Å². The molecule has 0 aromatic heterocycles. The first-order valence-corrected chi connectivity index (χ1v) is 9.90. The summed E-state index contributed by atoms with van der Waals surface area (Å²) in [6, 6.07) is 0. The summed E-state index contributed by atoms with van der Waals surface area (Å²) >= 11 is 0. The van der Waals surface area contributed by atoms with Crippen LogP contribution in [-0.4, -0.2) is 14.4 Å². The van der Waals surface area contributed by atoms with Crippen LogP contribution in [0.15, 0.2) is 12.7 Å². The SMILES string of the molecule is C=CCC(CC#CCCC)O[Si](C)(C)C(C)(C)C. The maximum absolute atomic E-state index is 6.39. The van der Waals surface area contributed by atoms with E-state index in [1.54, 1.807) is 0 Å². The van der Waals surface area contributed by atoms with E-state index in [1.165, 1.54) is 0 Å². The zero-order valence-corrected chi connectivity index (χ0v) is 14.1. The van der Waals surface area contributed by atoms with Gasteiger partial charge in [-0.2, -0.15) is 0 Å². The number of rotatable bonds is 6. The van der Waals surface area contributed by atoms with E-state index >= 15 is 0 Å². The van der Waals surface area contributed by atoms with Crippen molar-refractivity contribution in [2.45, 2.75) is 77.6 Å². The van der Waals surface area contributed by atoms with Crippen LogP contribution in [0.1, 0.15) is 53.4 Å². The van der Waals surface area contributed by atoms with Gasteiger partial charge in [0.05, 0.1) is 6.10 Å². The molecule has 0 aromatic carbocycles. The molecule has 0 saturated heterocycles. The third-order valence-corrected chi connectivity index (χ3v) is 8.06. The van der Waals surface area contributed by atoms with Crippen molar-refractivity contribution in [1.82, 2.24) is 0 Å². The van der Waals surface area contributed by atoms with Crippen molar-refractivity contribution >= 4 is 8.32 Å². The lowest BCUT2D eigenvalue weighted by Crippen LogP contribution is -2.43. The smallest absolute Gasteiger partial charge is 0.192 e. The van der Waals surface area contributed by atoms with Gasteiger partial charge in [0, 0.05) is 12.8 Å². The minimum absolute atomic E-state index is 0.216. The lowest BCUT2D eigenvalue weighted by atomic mass is 10.2. The van der Waals surface area contributed by atoms with Crippen molar-refractivity contribution < 1.29 is 4.43 Å². The third-order valence-electron chi connectivity index (χ3n) is 3.53. The fourth-order valence-electron chi connectivity index (χ4n) is 1.35. The zero-order valence-electron chi connectivity index (χ0n) is 13.1. The second kappa shape index (κ2) is 7.81. The summed E-state index contributed by atoms with van der Waals surface area (Å²) in [5, 5.41) is 0.253. The number of unbranched alkanes of at least 4 members (excludes halogenated alkanes) is 1. The average molecular weight is 267 g/mol. The molecule has 1 atom stereocenters. The first-order chi connectivity index (χ1) is 8.24. The minimum Gasteiger partial charge on any atom is -0.413 e. The van der Waals surface area contributed by atoms with E-state index in [2.05, 4.69) is 59.2 Å². The van der Waals surface area contributed by atoms with Crippen LogP contribution in [0.4, 0.5) is 0 Å². The molecular weight excluding hydrogens is 236 g/mol. The van der Waals surface area contributed by atoms with Crippen LogP contribution in [0.5, 0.6) is 0 Å². The van der Waals surface area contributed by atoms with Crippen molar-refractivity contribution in [1.29, 1.82) is 0 Å². The first kappa shape index (κ1) is 17.5. The maximum Gasteiger partial charge on any atom is 0.192 e. The lowest BCUT2D eigenvalue weighted by Gasteiger charge is -2.38. The molecule has 0 radical (unpaired) electrons. The van der Waals surface area contributed by atoms with Gasteiger partial charge in [0.1, 0.15) is 0 Å². The molecule has 0 bridgehead atoms. The Morgan fingerprint density at radius 3 is 2.33 bits per heavy atom. The molecule has 1 nitrogen and oxygen atoms in total. The fourth-order valence-corrected chi connectivity index (χ4v) is 2.72. The van der Waals surface area contributed by atoms with E-state index in [9.17, 15) is 0 Å². The Bertz CT molecular complexity index is 301. The second-order valence-corrected chi connectivity index (χ2v) is 11.1. The average Bonchev–Trinajstić information content (AvgIpc) is 2.22. The van der Waals surface area contributed by atoms with Crippen LogP contribution in [0.3, 0.4) is 0 Å². The molecule has 0 saturated carbocycles. The summed E-state index contributed by atoms with van der Waals surface area (Å²) in [5.41, 5.74) is 0. The maximum atomic E-state index is 6.39. The van der Waals surface area contributed by atoms with Gasteiger partial charge >= 0.3 is 0 Å². The molecule has 0 aliphatic rings. The predicted molar refractivity (Wildman–Crippen MR) is 84.2 cm³/mol. The molecule has 104 valence electrons. The van der Waals surface area contributed by atoms with Crippen molar-refractivity contribution in [3.63, 3.8) is 0 Å². The Kier molecular flexibility index (Phi) is 7.59. The van der Waals surface area contributed by atoms with E-state index in [0.717, 1.165) is 25.7 Å². The number of hydrogen-bond donors (Lipinski definition) is 0. The molecule has 0 rings (SSSR count). The van der Waals surface area contributed by atoms with Crippen molar-refractivity contribution in [3.8, 4) is 11.8 Å². The highest BCUT2D eigenvalue weighted by molar-refractivity contribution is 6.74. The van der Waals surface area contributed by atoms with Gasteiger partial charge in [0.15, 0.2) is 8.32 Å². The molecule has 18 heavy (non-hydrogen) atoms. The first-order valence-electron chi connectivity index (χ1n) is 6.99. The second-order valence-electron chi connectivity index (χ2n) is 6.33. The summed E-state index contributed by atoms with van der Waals surface area (Å²) in [4.78, 5) is 0. The van der Waals surface area contributed by atoms with Gasteiger partial charge in [-0.25, -0.2) is 0 Å². The Labute approximate surface area is 115 Å². The highest BCUT2D eigenvalue weighted by Gasteiger charge is 2.38. The minimum atomic E-state index is -1.69. The molecule has 0 spiro atoms. The Balaban J connectivity index is 4.54. The highest BCUT2D eigenvalue weighted by atomic mass is 28.4. The van der Waals surface area contributed by atoms with E-state index < -0.39 is 8.32 Å². The molecule has 0 aliphatic carbocycles. The Morgan fingerprint density at radius 1 is 1.28 bits per heavy atom. The molecule has 0 amide bonds. The van der Waals surface area contributed by atoms with Crippen LogP contribution >= 0.6 is 0 Å². The zero-order chi connectivity index (χ0) is 14.2. The monoisotopic (exact) mass is 266 g/mol. The summed E-state index contributed by atoms with van der Waals surface area (Å²) in [6.07, 6.45) is 6.00. The topological polar surface area (TPSA) is 9.23 Å². The summed E-state index contributed by atoms with van der Waals surface area (Å²) in [7, 11) is -1.69. The van der Waals surface area contributed by atoms with Gasteiger partial charge in [0.25, 0.3) is 0 Å². The number of hydrogen-bond acceptors (Lipinski definition) is 1. The Hall–Kier alpha value is -0.523.